The number of amides is 1. The number of hydrogen-bond donors (Lipinski definition) is 2. The lowest BCUT2D eigenvalue weighted by Crippen LogP contribution is -2.30. The van der Waals surface area contributed by atoms with Gasteiger partial charge in [-0.05, 0) is 72.9 Å². The molecule has 8 heteroatoms. The molecule has 3 aromatic heterocycles. The summed E-state index contributed by atoms with van der Waals surface area (Å²) in [4.78, 5) is 22.7. The number of nitrogens with one attached hydrogen (secondary N) is 2. The number of carbonyl (C=O) groups is 1. The molecule has 0 radical (unpaired) electrons. The Kier molecular flexibility index (Phi) is 6.05. The van der Waals surface area contributed by atoms with Crippen molar-refractivity contribution in [3.8, 4) is 0 Å². The number of hydrogen-bond acceptors (Lipinski definition) is 4. The highest BCUT2D eigenvalue weighted by Gasteiger charge is 2.42. The lowest BCUT2D eigenvalue weighted by molar-refractivity contribution is -0.114. The van der Waals surface area contributed by atoms with Gasteiger partial charge < -0.3 is 20.1 Å². The Hall–Kier alpha value is -4.04. The predicted molar refractivity (Wildman–Crippen MR) is 136 cm³/mol. The summed E-state index contributed by atoms with van der Waals surface area (Å²) < 4.78 is 2.21. The van der Waals surface area contributed by atoms with Crippen LogP contribution in [0.2, 0.25) is 0 Å². The van der Waals surface area contributed by atoms with Gasteiger partial charge in [-0.25, -0.2) is 0 Å². The zero-order chi connectivity index (χ0) is 23.5. The van der Waals surface area contributed by atoms with E-state index in [1.165, 1.54) is 6.92 Å². The minimum atomic E-state index is -0.138. The average Bonchev–Trinajstić information content (AvgIpc) is 3.44. The van der Waals surface area contributed by atoms with Gasteiger partial charge in [-0.1, -0.05) is 12.1 Å². The molecule has 1 amide bonds. The maximum Gasteiger partial charge on any atom is 0.221 e. The van der Waals surface area contributed by atoms with Crippen LogP contribution in [0.4, 0.5) is 11.4 Å². The fraction of sp³-hybridized carbons (Fsp3) is 0.154. The van der Waals surface area contributed by atoms with Crippen LogP contribution < -0.4 is 15.5 Å². The highest BCUT2D eigenvalue weighted by atomic mass is 32.1. The van der Waals surface area contributed by atoms with Crippen LogP contribution in [0, 0.1) is 0 Å². The summed E-state index contributed by atoms with van der Waals surface area (Å²) in [5.74, 6) is -0.105. The van der Waals surface area contributed by atoms with Crippen LogP contribution in [0.5, 0.6) is 0 Å². The number of pyridine rings is 2. The van der Waals surface area contributed by atoms with E-state index in [1.807, 2.05) is 72.9 Å². The van der Waals surface area contributed by atoms with Crippen LogP contribution in [-0.2, 0) is 11.3 Å². The molecule has 0 aliphatic carbocycles. The normalized spacial score (nSPS) is 17.4. The standard InChI is InChI=1S/C26H24N6OS/c1-18(33)29-19-10-12-21(13-11-19)32-25(24(30-26(32)34)22-8-3-5-15-28-22)23-9-6-16-31(23)17-20-7-2-4-14-27-20/h2-16,24-25H,17H2,1H3,(H,29,33)(H,30,34)/t24-,25-/m0/s1. The molecule has 4 aromatic rings. The lowest BCUT2D eigenvalue weighted by atomic mass is 10.0. The summed E-state index contributed by atoms with van der Waals surface area (Å²) in [5, 5.41) is 6.93. The zero-order valence-electron chi connectivity index (χ0n) is 18.6. The molecule has 1 fully saturated rings. The molecule has 1 aromatic carbocycles. The number of aromatic nitrogens is 3. The van der Waals surface area contributed by atoms with E-state index in [0.717, 1.165) is 28.5 Å². The molecule has 0 spiro atoms. The first kappa shape index (κ1) is 21.8. The van der Waals surface area contributed by atoms with Crippen molar-refractivity contribution in [1.82, 2.24) is 19.9 Å². The molecule has 2 atom stereocenters. The average molecular weight is 469 g/mol. The molecule has 5 rings (SSSR count). The maximum atomic E-state index is 11.4. The summed E-state index contributed by atoms with van der Waals surface area (Å²) in [7, 11) is 0. The van der Waals surface area contributed by atoms with E-state index >= 15 is 0 Å². The molecule has 34 heavy (non-hydrogen) atoms. The van der Waals surface area contributed by atoms with E-state index < -0.39 is 0 Å². The number of carbonyl (C=O) groups excluding carboxylic acids is 1. The lowest BCUT2D eigenvalue weighted by Gasteiger charge is -2.29. The molecule has 1 saturated heterocycles. The van der Waals surface area contributed by atoms with Gasteiger partial charge in [-0.15, -0.1) is 0 Å². The number of benzene rings is 1. The van der Waals surface area contributed by atoms with E-state index in [1.54, 1.807) is 6.20 Å². The summed E-state index contributed by atoms with van der Waals surface area (Å²) in [5.41, 5.74) is 4.66. The van der Waals surface area contributed by atoms with Crippen molar-refractivity contribution in [2.75, 3.05) is 10.2 Å². The van der Waals surface area contributed by atoms with E-state index in [4.69, 9.17) is 12.2 Å². The highest BCUT2D eigenvalue weighted by molar-refractivity contribution is 7.80. The second-order valence-electron chi connectivity index (χ2n) is 8.11. The van der Waals surface area contributed by atoms with Gasteiger partial charge in [0.1, 0.15) is 6.04 Å². The first-order valence-corrected chi connectivity index (χ1v) is 11.4. The van der Waals surface area contributed by atoms with Gasteiger partial charge in [0.25, 0.3) is 0 Å². The third kappa shape index (κ3) is 4.40. The van der Waals surface area contributed by atoms with Crippen LogP contribution in [-0.4, -0.2) is 25.6 Å². The molecule has 1 aliphatic heterocycles. The molecule has 0 bridgehead atoms. The molecule has 7 nitrogen and oxygen atoms in total. The molecule has 4 heterocycles. The Labute approximate surface area is 203 Å². The third-order valence-corrected chi connectivity index (χ3v) is 6.10. The van der Waals surface area contributed by atoms with Crippen LogP contribution in [0.3, 0.4) is 0 Å². The van der Waals surface area contributed by atoms with E-state index in [0.29, 0.717) is 11.7 Å². The molecular formula is C26H24N6OS. The summed E-state index contributed by atoms with van der Waals surface area (Å²) in [6.45, 7) is 2.15. The number of rotatable bonds is 6. The second kappa shape index (κ2) is 9.44. The van der Waals surface area contributed by atoms with Crippen LogP contribution in [0.25, 0.3) is 0 Å². The topological polar surface area (TPSA) is 75.1 Å². The molecular weight excluding hydrogens is 444 g/mol. The van der Waals surface area contributed by atoms with Gasteiger partial charge >= 0.3 is 0 Å². The van der Waals surface area contributed by atoms with Gasteiger partial charge in [0.05, 0.1) is 24.0 Å². The van der Waals surface area contributed by atoms with Crippen molar-refractivity contribution < 1.29 is 4.79 Å². The Morgan fingerprint density at radius 1 is 1.00 bits per heavy atom. The minimum absolute atomic E-state index is 0.105. The van der Waals surface area contributed by atoms with Crippen molar-refractivity contribution in [2.24, 2.45) is 0 Å². The number of thiocarbonyl (C=S) groups is 1. The fourth-order valence-corrected chi connectivity index (χ4v) is 4.69. The fourth-order valence-electron chi connectivity index (χ4n) is 4.35. The zero-order valence-corrected chi connectivity index (χ0v) is 19.4. The van der Waals surface area contributed by atoms with Crippen molar-refractivity contribution in [2.45, 2.75) is 25.6 Å². The van der Waals surface area contributed by atoms with Crippen molar-refractivity contribution >= 4 is 34.6 Å². The molecule has 170 valence electrons. The minimum Gasteiger partial charge on any atom is -0.351 e. The maximum absolute atomic E-state index is 11.4. The SMILES string of the molecule is CC(=O)Nc1ccc(N2C(=S)N[C@@H](c3ccccn3)[C@@H]2c2cccn2Cc2ccccn2)cc1. The van der Waals surface area contributed by atoms with Crippen molar-refractivity contribution in [1.29, 1.82) is 0 Å². The number of nitrogens with zero attached hydrogens (tertiary/aromatic N) is 4. The largest absolute Gasteiger partial charge is 0.351 e. The predicted octanol–water partition coefficient (Wildman–Crippen LogP) is 4.46. The highest BCUT2D eigenvalue weighted by Crippen LogP contribution is 2.41. The first-order chi connectivity index (χ1) is 16.6. The van der Waals surface area contributed by atoms with Crippen LogP contribution in [0.1, 0.15) is 36.1 Å². The monoisotopic (exact) mass is 468 g/mol. The van der Waals surface area contributed by atoms with Gasteiger partial charge in [-0.2, -0.15) is 0 Å². The number of anilines is 2. The Bertz CT molecular complexity index is 1290. The quantitative estimate of drug-likeness (QED) is 0.407. The summed E-state index contributed by atoms with van der Waals surface area (Å²) in [6, 6.07) is 23.5. The van der Waals surface area contributed by atoms with Gasteiger partial charge in [0.2, 0.25) is 5.91 Å². The summed E-state index contributed by atoms with van der Waals surface area (Å²) in [6.07, 6.45) is 5.68. The molecule has 2 N–H and O–H groups in total. The summed E-state index contributed by atoms with van der Waals surface area (Å²) >= 11 is 5.82. The Morgan fingerprint density at radius 2 is 1.76 bits per heavy atom. The Balaban J connectivity index is 1.56. The van der Waals surface area contributed by atoms with Gasteiger partial charge in [0, 0.05) is 42.6 Å². The first-order valence-electron chi connectivity index (χ1n) is 11.0. The van der Waals surface area contributed by atoms with Crippen LogP contribution in [0.15, 0.2) is 91.4 Å². The third-order valence-electron chi connectivity index (χ3n) is 5.79. The molecule has 1 aliphatic rings. The second-order valence-corrected chi connectivity index (χ2v) is 8.49. The van der Waals surface area contributed by atoms with E-state index in [-0.39, 0.29) is 18.0 Å². The smallest absolute Gasteiger partial charge is 0.221 e. The van der Waals surface area contributed by atoms with Gasteiger partial charge in [-0.3, -0.25) is 14.8 Å². The van der Waals surface area contributed by atoms with E-state index in [2.05, 4.69) is 42.3 Å². The van der Waals surface area contributed by atoms with Crippen molar-refractivity contribution in [3.05, 3.63) is 108 Å². The molecule has 0 unspecified atom stereocenters. The van der Waals surface area contributed by atoms with E-state index in [9.17, 15) is 4.79 Å². The van der Waals surface area contributed by atoms with Crippen LogP contribution >= 0.6 is 12.2 Å². The van der Waals surface area contributed by atoms with Gasteiger partial charge in [0.15, 0.2) is 5.11 Å². The van der Waals surface area contributed by atoms with Crippen molar-refractivity contribution in [3.63, 3.8) is 0 Å². The molecule has 0 saturated carbocycles. The Morgan fingerprint density at radius 3 is 2.44 bits per heavy atom.